The van der Waals surface area contributed by atoms with E-state index in [2.05, 4.69) is 5.32 Å². The Labute approximate surface area is 160 Å². The summed E-state index contributed by atoms with van der Waals surface area (Å²) < 4.78 is 15.8. The number of nitrogens with one attached hydrogen (secondary N) is 1. The highest BCUT2D eigenvalue weighted by molar-refractivity contribution is 5.93. The van der Waals surface area contributed by atoms with Crippen LogP contribution in [0.1, 0.15) is 11.1 Å². The van der Waals surface area contributed by atoms with Gasteiger partial charge in [0.25, 0.3) is 11.6 Å². The van der Waals surface area contributed by atoms with Crippen LogP contribution >= 0.6 is 0 Å². The van der Waals surface area contributed by atoms with Crippen molar-refractivity contribution >= 4 is 23.3 Å². The molecule has 2 aromatic rings. The van der Waals surface area contributed by atoms with Gasteiger partial charge < -0.3 is 19.5 Å². The molecule has 146 valence electrons. The van der Waals surface area contributed by atoms with Crippen LogP contribution in [0.2, 0.25) is 0 Å². The standard InChI is InChI=1S/C19H18N2O7/c1-12-2-4-14(10-15(12)21(24)25)20-18(22)11-28-19(23)9-13-3-5-16-17(8-13)27-7-6-26-16/h2-5,8,10H,6-7,9,11H2,1H3,(H,20,22). The van der Waals surface area contributed by atoms with Crippen molar-refractivity contribution in [2.45, 2.75) is 13.3 Å². The van der Waals surface area contributed by atoms with Gasteiger partial charge in [-0.1, -0.05) is 12.1 Å². The summed E-state index contributed by atoms with van der Waals surface area (Å²) in [5.74, 6) is 0.0144. The molecule has 0 fully saturated rings. The van der Waals surface area contributed by atoms with Crippen molar-refractivity contribution in [2.75, 3.05) is 25.1 Å². The van der Waals surface area contributed by atoms with Gasteiger partial charge >= 0.3 is 5.97 Å². The SMILES string of the molecule is Cc1ccc(NC(=O)COC(=O)Cc2ccc3c(c2)OCCO3)cc1[N+](=O)[O-]. The van der Waals surface area contributed by atoms with Crippen LogP contribution in [0, 0.1) is 17.0 Å². The van der Waals surface area contributed by atoms with E-state index in [0.29, 0.717) is 35.8 Å². The third-order valence-electron chi connectivity index (χ3n) is 4.01. The topological polar surface area (TPSA) is 117 Å². The predicted octanol–water partition coefficient (Wildman–Crippen LogP) is 2.40. The average Bonchev–Trinajstić information content (AvgIpc) is 2.67. The van der Waals surface area contributed by atoms with Crippen molar-refractivity contribution in [3.8, 4) is 11.5 Å². The molecule has 1 heterocycles. The lowest BCUT2D eigenvalue weighted by Gasteiger charge is -2.18. The maximum atomic E-state index is 12.0. The zero-order chi connectivity index (χ0) is 20.1. The molecule has 0 radical (unpaired) electrons. The molecule has 3 rings (SSSR count). The minimum atomic E-state index is -0.589. The van der Waals surface area contributed by atoms with E-state index in [4.69, 9.17) is 14.2 Å². The molecule has 0 atom stereocenters. The molecule has 0 spiro atoms. The second-order valence-electron chi connectivity index (χ2n) is 6.12. The minimum absolute atomic E-state index is 0.0279. The highest BCUT2D eigenvalue weighted by Crippen LogP contribution is 2.30. The van der Waals surface area contributed by atoms with Gasteiger partial charge in [0.2, 0.25) is 0 Å². The van der Waals surface area contributed by atoms with Gasteiger partial charge in [-0.2, -0.15) is 0 Å². The van der Waals surface area contributed by atoms with E-state index in [1.54, 1.807) is 25.1 Å². The second-order valence-corrected chi connectivity index (χ2v) is 6.12. The van der Waals surface area contributed by atoms with Crippen LogP contribution in [0.4, 0.5) is 11.4 Å². The molecule has 1 aliphatic rings. The molecular formula is C19H18N2O7. The van der Waals surface area contributed by atoms with Crippen molar-refractivity contribution < 1.29 is 28.7 Å². The summed E-state index contributed by atoms with van der Waals surface area (Å²) in [6, 6.07) is 9.46. The average molecular weight is 386 g/mol. The van der Waals surface area contributed by atoms with Gasteiger partial charge in [0, 0.05) is 17.3 Å². The molecule has 1 aliphatic heterocycles. The summed E-state index contributed by atoms with van der Waals surface area (Å²) in [7, 11) is 0. The first-order chi connectivity index (χ1) is 13.4. The lowest BCUT2D eigenvalue weighted by Crippen LogP contribution is -2.21. The van der Waals surface area contributed by atoms with Gasteiger partial charge in [-0.3, -0.25) is 19.7 Å². The van der Waals surface area contributed by atoms with Crippen LogP contribution in [0.5, 0.6) is 11.5 Å². The Kier molecular flexibility index (Phi) is 5.73. The fourth-order valence-electron chi connectivity index (χ4n) is 2.64. The van der Waals surface area contributed by atoms with Crippen LogP contribution in [-0.4, -0.2) is 36.6 Å². The van der Waals surface area contributed by atoms with Gasteiger partial charge in [-0.25, -0.2) is 0 Å². The Morgan fingerprint density at radius 2 is 1.89 bits per heavy atom. The smallest absolute Gasteiger partial charge is 0.310 e. The first kappa shape index (κ1) is 19.2. The molecule has 0 aromatic heterocycles. The summed E-state index contributed by atoms with van der Waals surface area (Å²) in [6.45, 7) is 2.03. The number of aryl methyl sites for hydroxylation is 1. The molecule has 0 unspecified atom stereocenters. The zero-order valence-corrected chi connectivity index (χ0v) is 15.1. The number of ether oxygens (including phenoxy) is 3. The lowest BCUT2D eigenvalue weighted by atomic mass is 10.1. The van der Waals surface area contributed by atoms with Gasteiger partial charge in [0.1, 0.15) is 13.2 Å². The van der Waals surface area contributed by atoms with E-state index >= 15 is 0 Å². The molecule has 1 amide bonds. The van der Waals surface area contributed by atoms with E-state index < -0.39 is 23.4 Å². The number of esters is 1. The van der Waals surface area contributed by atoms with Crippen molar-refractivity contribution in [2.24, 2.45) is 0 Å². The number of nitro groups is 1. The van der Waals surface area contributed by atoms with E-state index in [0.717, 1.165) is 0 Å². The van der Waals surface area contributed by atoms with Crippen LogP contribution in [-0.2, 0) is 20.7 Å². The third-order valence-corrected chi connectivity index (χ3v) is 4.01. The molecule has 9 nitrogen and oxygen atoms in total. The number of rotatable bonds is 6. The molecule has 2 aromatic carbocycles. The number of carbonyl (C=O) groups is 2. The number of fused-ring (bicyclic) bond motifs is 1. The number of anilines is 1. The minimum Gasteiger partial charge on any atom is -0.486 e. The number of nitrogens with zero attached hydrogens (tertiary/aromatic N) is 1. The fourth-order valence-corrected chi connectivity index (χ4v) is 2.64. The molecule has 28 heavy (non-hydrogen) atoms. The van der Waals surface area contributed by atoms with Crippen molar-refractivity contribution in [1.82, 2.24) is 0 Å². The highest BCUT2D eigenvalue weighted by Gasteiger charge is 2.15. The van der Waals surface area contributed by atoms with Gasteiger partial charge in [-0.05, 0) is 30.7 Å². The maximum absolute atomic E-state index is 12.0. The molecule has 0 bridgehead atoms. The Morgan fingerprint density at radius 3 is 2.64 bits per heavy atom. The first-order valence-corrected chi connectivity index (χ1v) is 8.51. The second kappa shape index (κ2) is 8.38. The molecule has 0 saturated carbocycles. The number of hydrogen-bond donors (Lipinski definition) is 1. The normalized spacial score (nSPS) is 12.2. The van der Waals surface area contributed by atoms with Crippen molar-refractivity contribution in [3.05, 3.63) is 57.6 Å². The molecule has 0 aliphatic carbocycles. The van der Waals surface area contributed by atoms with Crippen LogP contribution in [0.3, 0.4) is 0 Å². The Hall–Kier alpha value is -3.62. The van der Waals surface area contributed by atoms with Gasteiger partial charge in [-0.15, -0.1) is 0 Å². The zero-order valence-electron chi connectivity index (χ0n) is 15.1. The number of amides is 1. The Morgan fingerprint density at radius 1 is 1.14 bits per heavy atom. The van der Waals surface area contributed by atoms with Crippen LogP contribution in [0.25, 0.3) is 0 Å². The maximum Gasteiger partial charge on any atom is 0.310 e. The summed E-state index contributed by atoms with van der Waals surface area (Å²) in [4.78, 5) is 34.3. The quantitative estimate of drug-likeness (QED) is 0.460. The van der Waals surface area contributed by atoms with E-state index in [1.165, 1.54) is 18.2 Å². The largest absolute Gasteiger partial charge is 0.486 e. The van der Waals surface area contributed by atoms with E-state index in [9.17, 15) is 19.7 Å². The van der Waals surface area contributed by atoms with Crippen molar-refractivity contribution in [3.63, 3.8) is 0 Å². The summed E-state index contributed by atoms with van der Waals surface area (Å²) in [6.07, 6.45) is -0.0279. The fraction of sp³-hybridized carbons (Fsp3) is 0.263. The Balaban J connectivity index is 1.51. The summed E-state index contributed by atoms with van der Waals surface area (Å²) in [5, 5.41) is 13.4. The van der Waals surface area contributed by atoms with Crippen LogP contribution < -0.4 is 14.8 Å². The van der Waals surface area contributed by atoms with Crippen LogP contribution in [0.15, 0.2) is 36.4 Å². The first-order valence-electron chi connectivity index (χ1n) is 8.51. The highest BCUT2D eigenvalue weighted by atomic mass is 16.6. The van der Waals surface area contributed by atoms with Gasteiger partial charge in [0.05, 0.1) is 11.3 Å². The number of hydrogen-bond acceptors (Lipinski definition) is 7. The Bertz CT molecular complexity index is 926. The summed E-state index contributed by atoms with van der Waals surface area (Å²) >= 11 is 0. The number of benzene rings is 2. The molecule has 9 heteroatoms. The molecule has 0 saturated heterocycles. The lowest BCUT2D eigenvalue weighted by molar-refractivity contribution is -0.385. The predicted molar refractivity (Wildman–Crippen MR) is 98.6 cm³/mol. The van der Waals surface area contributed by atoms with E-state index in [1.807, 2.05) is 0 Å². The van der Waals surface area contributed by atoms with Gasteiger partial charge in [0.15, 0.2) is 18.1 Å². The van der Waals surface area contributed by atoms with E-state index in [-0.39, 0.29) is 17.8 Å². The summed E-state index contributed by atoms with van der Waals surface area (Å²) in [5.41, 5.74) is 1.30. The third kappa shape index (κ3) is 4.76. The number of carbonyl (C=O) groups excluding carboxylic acids is 2. The van der Waals surface area contributed by atoms with Crippen molar-refractivity contribution in [1.29, 1.82) is 0 Å². The molecular weight excluding hydrogens is 368 g/mol. The molecule has 1 N–H and O–H groups in total. The monoisotopic (exact) mass is 386 g/mol. The number of nitro benzene ring substituents is 1.